The van der Waals surface area contributed by atoms with Crippen LogP contribution in [0.5, 0.6) is 5.88 Å². The monoisotopic (exact) mass is 361 g/mol. The molecule has 0 saturated heterocycles. The normalized spacial score (nSPS) is 19.6. The number of carbonyl (C=O) groups is 1. The summed E-state index contributed by atoms with van der Waals surface area (Å²) >= 11 is 0. The highest BCUT2D eigenvalue weighted by Crippen LogP contribution is 2.23. The van der Waals surface area contributed by atoms with Gasteiger partial charge in [-0.2, -0.15) is 0 Å². The van der Waals surface area contributed by atoms with Crippen molar-refractivity contribution in [2.24, 2.45) is 0 Å². The first-order chi connectivity index (χ1) is 13.3. The van der Waals surface area contributed by atoms with Gasteiger partial charge in [-0.15, -0.1) is 0 Å². The van der Waals surface area contributed by atoms with E-state index in [-0.39, 0.29) is 18.1 Å². The number of nitrogens with one attached hydrogen (secondary N) is 1. The first-order valence-electron chi connectivity index (χ1n) is 9.46. The molecule has 0 atom stereocenters. The minimum atomic E-state index is 0.0876. The Hall–Kier alpha value is -2.95. The number of nitrogens with zero attached hydrogens (tertiary/aromatic N) is 2. The van der Waals surface area contributed by atoms with E-state index in [1.54, 1.807) is 18.6 Å². The Morgan fingerprint density at radius 1 is 1.04 bits per heavy atom. The minimum absolute atomic E-state index is 0.0876. The Balaban J connectivity index is 1.29. The Kier molecular flexibility index (Phi) is 5.28. The van der Waals surface area contributed by atoms with Gasteiger partial charge in [0.05, 0.1) is 12.6 Å². The van der Waals surface area contributed by atoms with Gasteiger partial charge in [0.25, 0.3) is 0 Å². The third kappa shape index (κ3) is 4.42. The van der Waals surface area contributed by atoms with E-state index in [1.807, 2.05) is 24.3 Å². The average molecular weight is 361 g/mol. The van der Waals surface area contributed by atoms with Crippen molar-refractivity contribution in [2.75, 3.05) is 0 Å². The van der Waals surface area contributed by atoms with Crippen LogP contribution in [0.4, 0.5) is 0 Å². The summed E-state index contributed by atoms with van der Waals surface area (Å²) in [6.45, 7) is 0. The second-order valence-electron chi connectivity index (χ2n) is 7.02. The molecule has 1 heterocycles. The summed E-state index contributed by atoms with van der Waals surface area (Å²) in [5, 5.41) is 5.51. The topological polar surface area (TPSA) is 64.1 Å². The molecule has 0 unspecified atom stereocenters. The maximum absolute atomic E-state index is 12.5. The summed E-state index contributed by atoms with van der Waals surface area (Å²) < 4.78 is 5.87. The molecule has 1 amide bonds. The fraction of sp³-hybridized carbons (Fsp3) is 0.318. The summed E-state index contributed by atoms with van der Waals surface area (Å²) in [6.07, 6.45) is 9.14. The first kappa shape index (κ1) is 17.5. The van der Waals surface area contributed by atoms with E-state index in [4.69, 9.17) is 4.74 Å². The van der Waals surface area contributed by atoms with E-state index >= 15 is 0 Å². The highest BCUT2D eigenvalue weighted by Gasteiger charge is 2.24. The quantitative estimate of drug-likeness (QED) is 0.753. The van der Waals surface area contributed by atoms with Crippen molar-refractivity contribution in [1.29, 1.82) is 0 Å². The molecule has 1 saturated carbocycles. The van der Waals surface area contributed by atoms with Crippen LogP contribution in [0.1, 0.15) is 31.2 Å². The summed E-state index contributed by atoms with van der Waals surface area (Å²) in [6, 6.07) is 14.5. The zero-order chi connectivity index (χ0) is 18.5. The largest absolute Gasteiger partial charge is 0.473 e. The molecule has 1 aromatic heterocycles. The van der Waals surface area contributed by atoms with E-state index < -0.39 is 0 Å². The lowest BCUT2D eigenvalue weighted by atomic mass is 9.92. The van der Waals surface area contributed by atoms with Gasteiger partial charge >= 0.3 is 0 Å². The zero-order valence-corrected chi connectivity index (χ0v) is 15.2. The van der Waals surface area contributed by atoms with E-state index in [0.717, 1.165) is 36.6 Å². The summed E-state index contributed by atoms with van der Waals surface area (Å²) in [5.41, 5.74) is 1.07. The van der Waals surface area contributed by atoms with Gasteiger partial charge in [-0.05, 0) is 42.0 Å². The molecule has 0 aliphatic heterocycles. The van der Waals surface area contributed by atoms with Crippen molar-refractivity contribution in [3.05, 3.63) is 66.6 Å². The number of fused-ring (bicyclic) bond motifs is 1. The molecule has 1 N–H and O–H groups in total. The van der Waals surface area contributed by atoms with Crippen LogP contribution in [0, 0.1) is 0 Å². The smallest absolute Gasteiger partial charge is 0.232 e. The standard InChI is InChI=1S/C22H23N3O2/c26-21(14-17-6-3-5-16-4-1-2-7-20(16)17)25-18-8-10-19(11-9-18)27-22-15-23-12-13-24-22/h1-7,12-13,15,18-19H,8-11,14H2,(H,25,26). The van der Waals surface area contributed by atoms with Crippen molar-refractivity contribution >= 4 is 16.7 Å². The van der Waals surface area contributed by atoms with Crippen LogP contribution in [-0.2, 0) is 11.2 Å². The van der Waals surface area contributed by atoms with Gasteiger partial charge < -0.3 is 10.1 Å². The molecule has 0 spiro atoms. The van der Waals surface area contributed by atoms with Crippen molar-refractivity contribution < 1.29 is 9.53 Å². The van der Waals surface area contributed by atoms with E-state index in [9.17, 15) is 4.79 Å². The molecule has 1 aliphatic rings. The number of benzene rings is 2. The highest BCUT2D eigenvalue weighted by molar-refractivity contribution is 5.90. The number of amides is 1. The summed E-state index contributed by atoms with van der Waals surface area (Å²) in [4.78, 5) is 20.7. The molecule has 1 fully saturated rings. The van der Waals surface area contributed by atoms with Gasteiger partial charge in [-0.3, -0.25) is 9.78 Å². The van der Waals surface area contributed by atoms with E-state index in [0.29, 0.717) is 12.3 Å². The van der Waals surface area contributed by atoms with Gasteiger partial charge in [-0.1, -0.05) is 42.5 Å². The number of hydrogen-bond donors (Lipinski definition) is 1. The van der Waals surface area contributed by atoms with Crippen LogP contribution in [-0.4, -0.2) is 28.0 Å². The lowest BCUT2D eigenvalue weighted by molar-refractivity contribution is -0.121. The average Bonchev–Trinajstić information content (AvgIpc) is 2.71. The van der Waals surface area contributed by atoms with Crippen LogP contribution in [0.25, 0.3) is 10.8 Å². The van der Waals surface area contributed by atoms with Crippen molar-refractivity contribution in [3.8, 4) is 5.88 Å². The number of rotatable bonds is 5. The maximum Gasteiger partial charge on any atom is 0.232 e. The number of carbonyl (C=O) groups excluding carboxylic acids is 1. The molecule has 0 radical (unpaired) electrons. The predicted molar refractivity (Wildman–Crippen MR) is 104 cm³/mol. The van der Waals surface area contributed by atoms with Gasteiger partial charge in [0.1, 0.15) is 6.10 Å². The fourth-order valence-corrected chi connectivity index (χ4v) is 3.74. The van der Waals surface area contributed by atoms with Crippen molar-refractivity contribution in [2.45, 2.75) is 44.2 Å². The van der Waals surface area contributed by atoms with Gasteiger partial charge in [0.2, 0.25) is 11.8 Å². The summed E-state index contributed by atoms with van der Waals surface area (Å²) in [5.74, 6) is 0.658. The van der Waals surface area contributed by atoms with Crippen LogP contribution < -0.4 is 10.1 Å². The SMILES string of the molecule is O=C(Cc1cccc2ccccc12)NC1CCC(Oc2cnccn2)CC1. The molecule has 27 heavy (non-hydrogen) atoms. The molecule has 4 rings (SSSR count). The molecule has 5 heteroatoms. The van der Waals surface area contributed by atoms with Crippen LogP contribution in [0.15, 0.2) is 61.1 Å². The Morgan fingerprint density at radius 3 is 2.67 bits per heavy atom. The van der Waals surface area contributed by atoms with Crippen LogP contribution >= 0.6 is 0 Å². The molecular formula is C22H23N3O2. The van der Waals surface area contributed by atoms with Crippen LogP contribution in [0.3, 0.4) is 0 Å². The van der Waals surface area contributed by atoms with Crippen molar-refractivity contribution in [1.82, 2.24) is 15.3 Å². The first-order valence-corrected chi connectivity index (χ1v) is 9.46. The van der Waals surface area contributed by atoms with E-state index in [2.05, 4.69) is 33.5 Å². The molecule has 2 aromatic carbocycles. The van der Waals surface area contributed by atoms with E-state index in [1.165, 1.54) is 5.39 Å². The van der Waals surface area contributed by atoms with Crippen LogP contribution in [0.2, 0.25) is 0 Å². The minimum Gasteiger partial charge on any atom is -0.473 e. The Bertz CT molecular complexity index is 900. The third-order valence-corrected chi connectivity index (χ3v) is 5.10. The Labute approximate surface area is 158 Å². The lowest BCUT2D eigenvalue weighted by Gasteiger charge is -2.29. The molecule has 1 aliphatic carbocycles. The number of aromatic nitrogens is 2. The summed E-state index contributed by atoms with van der Waals surface area (Å²) in [7, 11) is 0. The van der Waals surface area contributed by atoms with Gasteiger partial charge in [-0.25, -0.2) is 4.98 Å². The second-order valence-corrected chi connectivity index (χ2v) is 7.02. The van der Waals surface area contributed by atoms with Gasteiger partial charge in [0.15, 0.2) is 0 Å². The highest BCUT2D eigenvalue weighted by atomic mass is 16.5. The third-order valence-electron chi connectivity index (χ3n) is 5.10. The predicted octanol–water partition coefficient (Wildman–Crippen LogP) is 3.68. The second kappa shape index (κ2) is 8.16. The zero-order valence-electron chi connectivity index (χ0n) is 15.2. The molecule has 5 nitrogen and oxygen atoms in total. The number of ether oxygens (including phenoxy) is 1. The van der Waals surface area contributed by atoms with Gasteiger partial charge in [0, 0.05) is 18.4 Å². The maximum atomic E-state index is 12.5. The molecule has 3 aromatic rings. The van der Waals surface area contributed by atoms with Crippen molar-refractivity contribution in [3.63, 3.8) is 0 Å². The lowest BCUT2D eigenvalue weighted by Crippen LogP contribution is -2.40. The fourth-order valence-electron chi connectivity index (χ4n) is 3.74. The molecule has 138 valence electrons. The number of hydrogen-bond acceptors (Lipinski definition) is 4. The molecular weight excluding hydrogens is 338 g/mol. The molecule has 0 bridgehead atoms. The Morgan fingerprint density at radius 2 is 1.85 bits per heavy atom.